The van der Waals surface area contributed by atoms with E-state index in [0.717, 1.165) is 49.0 Å². The zero-order valence-corrected chi connectivity index (χ0v) is 17.2. The molecule has 1 aliphatic carbocycles. The van der Waals surface area contributed by atoms with Crippen molar-refractivity contribution >= 4 is 28.9 Å². The van der Waals surface area contributed by atoms with Crippen molar-refractivity contribution in [2.24, 2.45) is 0 Å². The lowest BCUT2D eigenvalue weighted by atomic mass is 9.89. The molecule has 0 radical (unpaired) electrons. The molecule has 146 valence electrons. The van der Waals surface area contributed by atoms with E-state index in [0.29, 0.717) is 16.8 Å². The number of carbonyl (C=O) groups excluding carboxylic acids is 1. The van der Waals surface area contributed by atoms with Crippen LogP contribution in [0.5, 0.6) is 0 Å². The summed E-state index contributed by atoms with van der Waals surface area (Å²) in [5, 5.41) is 3.69. The molecule has 1 saturated carbocycles. The number of carbonyl (C=O) groups is 1. The number of hydrogen-bond donors (Lipinski definition) is 1. The maximum Gasteiger partial charge on any atom is 0.251 e. The fourth-order valence-corrected chi connectivity index (χ4v) is 4.14. The predicted molar refractivity (Wildman–Crippen MR) is 115 cm³/mol. The molecule has 1 N–H and O–H groups in total. The Morgan fingerprint density at radius 2 is 1.86 bits per heavy atom. The topological polar surface area (TPSA) is 36.7 Å². The summed E-state index contributed by atoms with van der Waals surface area (Å²) in [6, 6.07) is 14.0. The van der Waals surface area contributed by atoms with Crippen molar-refractivity contribution in [3.05, 3.63) is 70.0 Å². The van der Waals surface area contributed by atoms with E-state index in [1.807, 2.05) is 43.3 Å². The average Bonchev–Trinajstić information content (AvgIpc) is 2.70. The Kier molecular flexibility index (Phi) is 6.59. The normalized spacial score (nSPS) is 18.9. The van der Waals surface area contributed by atoms with Gasteiger partial charge >= 0.3 is 0 Å². The van der Waals surface area contributed by atoms with Gasteiger partial charge in [-0.25, -0.2) is 4.85 Å². The summed E-state index contributed by atoms with van der Waals surface area (Å²) in [6.07, 6.45) is 3.98. The van der Waals surface area contributed by atoms with Crippen LogP contribution in [0.1, 0.15) is 48.5 Å². The molecule has 1 amide bonds. The minimum absolute atomic E-state index is 0.0114. The van der Waals surface area contributed by atoms with Gasteiger partial charge in [-0.3, -0.25) is 4.79 Å². The number of benzene rings is 2. The van der Waals surface area contributed by atoms with E-state index in [1.165, 1.54) is 0 Å². The van der Waals surface area contributed by atoms with Gasteiger partial charge in [-0.2, -0.15) is 0 Å². The van der Waals surface area contributed by atoms with Crippen molar-refractivity contribution in [1.82, 2.24) is 5.32 Å². The maximum atomic E-state index is 12.5. The van der Waals surface area contributed by atoms with Crippen LogP contribution in [0, 0.1) is 13.5 Å². The van der Waals surface area contributed by atoms with E-state index in [9.17, 15) is 4.79 Å². The van der Waals surface area contributed by atoms with E-state index in [1.54, 1.807) is 6.07 Å². The van der Waals surface area contributed by atoms with E-state index >= 15 is 0 Å². The van der Waals surface area contributed by atoms with Gasteiger partial charge in [0.25, 0.3) is 5.91 Å². The summed E-state index contributed by atoms with van der Waals surface area (Å²) >= 11 is 6.23. The summed E-state index contributed by atoms with van der Waals surface area (Å²) in [5.41, 5.74) is 3.43. The number of rotatable bonds is 5. The van der Waals surface area contributed by atoms with Crippen molar-refractivity contribution in [1.29, 1.82) is 0 Å². The second kappa shape index (κ2) is 9.12. The second-order valence-corrected chi connectivity index (χ2v) is 7.79. The van der Waals surface area contributed by atoms with Crippen molar-refractivity contribution in [2.45, 2.75) is 51.6 Å². The molecule has 2 aromatic rings. The minimum atomic E-state index is 0.0114. The van der Waals surface area contributed by atoms with Crippen LogP contribution < -0.4 is 10.2 Å². The number of nitrogens with one attached hydrogen (secondary N) is 1. The number of aryl methyl sites for hydroxylation is 1. The number of amides is 1. The molecular formula is C23H26ClN3O. The molecule has 0 atom stereocenters. The van der Waals surface area contributed by atoms with E-state index in [-0.39, 0.29) is 11.9 Å². The van der Waals surface area contributed by atoms with Crippen molar-refractivity contribution < 1.29 is 4.79 Å². The molecule has 1 aliphatic rings. The highest BCUT2D eigenvalue weighted by Gasteiger charge is 2.26. The molecule has 0 aromatic heterocycles. The van der Waals surface area contributed by atoms with Crippen molar-refractivity contribution in [3.63, 3.8) is 0 Å². The van der Waals surface area contributed by atoms with Crippen LogP contribution in [-0.4, -0.2) is 24.5 Å². The SMILES string of the molecule is [C-]#[N+]c1ccc(N(CC)C2CCC(NC(=O)c3ccc(C)cc3)CC2)cc1Cl. The zero-order chi connectivity index (χ0) is 20.1. The molecule has 0 bridgehead atoms. The van der Waals surface area contributed by atoms with Crippen LogP contribution in [0.25, 0.3) is 4.85 Å². The lowest BCUT2D eigenvalue weighted by Crippen LogP contribution is -2.44. The molecule has 28 heavy (non-hydrogen) atoms. The maximum absolute atomic E-state index is 12.5. The molecule has 4 nitrogen and oxygen atoms in total. The van der Waals surface area contributed by atoms with E-state index in [2.05, 4.69) is 22.0 Å². The van der Waals surface area contributed by atoms with Gasteiger partial charge in [0, 0.05) is 34.9 Å². The van der Waals surface area contributed by atoms with Crippen LogP contribution in [0.4, 0.5) is 11.4 Å². The van der Waals surface area contributed by atoms with Crippen LogP contribution in [0.2, 0.25) is 5.02 Å². The first-order valence-electron chi connectivity index (χ1n) is 9.83. The Labute approximate surface area is 172 Å². The van der Waals surface area contributed by atoms with E-state index < -0.39 is 0 Å². The Balaban J connectivity index is 1.59. The second-order valence-electron chi connectivity index (χ2n) is 7.38. The molecule has 2 aromatic carbocycles. The van der Waals surface area contributed by atoms with Gasteiger partial charge in [-0.1, -0.05) is 35.4 Å². The largest absolute Gasteiger partial charge is 0.369 e. The smallest absolute Gasteiger partial charge is 0.251 e. The number of halogens is 1. The van der Waals surface area contributed by atoms with E-state index in [4.69, 9.17) is 18.2 Å². The molecule has 0 spiro atoms. The number of hydrogen-bond acceptors (Lipinski definition) is 2. The summed E-state index contributed by atoms with van der Waals surface area (Å²) in [5.74, 6) is 0.0114. The van der Waals surface area contributed by atoms with Crippen molar-refractivity contribution in [3.8, 4) is 0 Å². The standard InChI is InChI=1S/C23H26ClN3O/c1-4-27(20-13-14-22(25-3)21(24)15-20)19-11-9-18(10-12-19)26-23(28)17-7-5-16(2)6-8-17/h5-8,13-15,18-19H,4,9-12H2,1-2H3,(H,26,28). The summed E-state index contributed by atoms with van der Waals surface area (Å²) in [7, 11) is 0. The van der Waals surface area contributed by atoms with Crippen LogP contribution in [0.15, 0.2) is 42.5 Å². The summed E-state index contributed by atoms with van der Waals surface area (Å²) in [6.45, 7) is 12.2. The minimum Gasteiger partial charge on any atom is -0.369 e. The molecule has 3 rings (SSSR count). The van der Waals surface area contributed by atoms with Gasteiger partial charge in [-0.05, 0) is 63.8 Å². The van der Waals surface area contributed by atoms with Gasteiger partial charge in [0.05, 0.1) is 6.57 Å². The number of nitrogens with zero attached hydrogens (tertiary/aromatic N) is 2. The predicted octanol–water partition coefficient (Wildman–Crippen LogP) is 5.77. The third-order valence-corrected chi connectivity index (χ3v) is 5.81. The lowest BCUT2D eigenvalue weighted by molar-refractivity contribution is 0.0925. The summed E-state index contributed by atoms with van der Waals surface area (Å²) < 4.78 is 0. The lowest BCUT2D eigenvalue weighted by Gasteiger charge is -2.38. The third kappa shape index (κ3) is 4.66. The fourth-order valence-electron chi connectivity index (χ4n) is 3.92. The highest BCUT2D eigenvalue weighted by molar-refractivity contribution is 6.33. The molecule has 0 saturated heterocycles. The van der Waals surface area contributed by atoms with Gasteiger partial charge in [-0.15, -0.1) is 0 Å². The first-order valence-corrected chi connectivity index (χ1v) is 10.2. The summed E-state index contributed by atoms with van der Waals surface area (Å²) in [4.78, 5) is 18.2. The van der Waals surface area contributed by atoms with Gasteiger partial charge in [0.15, 0.2) is 0 Å². The fraction of sp³-hybridized carbons (Fsp3) is 0.391. The molecular weight excluding hydrogens is 370 g/mol. The van der Waals surface area contributed by atoms with Crippen LogP contribution in [0.3, 0.4) is 0 Å². The average molecular weight is 396 g/mol. The highest BCUT2D eigenvalue weighted by Crippen LogP contribution is 2.33. The first-order chi connectivity index (χ1) is 13.5. The molecule has 0 unspecified atom stereocenters. The van der Waals surface area contributed by atoms with Gasteiger partial charge < -0.3 is 10.2 Å². The quantitative estimate of drug-likeness (QED) is 0.652. The molecule has 1 fully saturated rings. The molecule has 5 heteroatoms. The van der Waals surface area contributed by atoms with Gasteiger partial charge in [0.1, 0.15) is 0 Å². The van der Waals surface area contributed by atoms with Crippen LogP contribution in [-0.2, 0) is 0 Å². The van der Waals surface area contributed by atoms with Crippen molar-refractivity contribution in [2.75, 3.05) is 11.4 Å². The number of anilines is 1. The monoisotopic (exact) mass is 395 g/mol. The zero-order valence-electron chi connectivity index (χ0n) is 16.4. The Hall–Kier alpha value is -2.51. The molecule has 0 heterocycles. The third-order valence-electron chi connectivity index (χ3n) is 5.51. The Bertz CT molecular complexity index is 864. The Morgan fingerprint density at radius 1 is 1.18 bits per heavy atom. The first kappa shape index (κ1) is 20.2. The Morgan fingerprint density at radius 3 is 2.43 bits per heavy atom. The highest BCUT2D eigenvalue weighted by atomic mass is 35.5. The molecule has 0 aliphatic heterocycles. The van der Waals surface area contributed by atoms with Crippen LogP contribution >= 0.6 is 11.6 Å². The van der Waals surface area contributed by atoms with Gasteiger partial charge in [0.2, 0.25) is 5.69 Å².